The Balaban J connectivity index is 2.44. The quantitative estimate of drug-likeness (QED) is 0.688. The van der Waals surface area contributed by atoms with Gasteiger partial charge in [0, 0.05) is 0 Å². The van der Waals surface area contributed by atoms with E-state index in [1.165, 1.54) is 12.2 Å². The Morgan fingerprint density at radius 2 is 2.24 bits per heavy atom. The van der Waals surface area contributed by atoms with Gasteiger partial charge in [-0.2, -0.15) is 11.8 Å². The van der Waals surface area contributed by atoms with Gasteiger partial charge in [-0.25, -0.2) is 8.42 Å². The first-order chi connectivity index (χ1) is 8.09. The maximum absolute atomic E-state index is 11.5. The Labute approximate surface area is 110 Å². The maximum Gasteiger partial charge on any atom is 0.150 e. The second-order valence-corrected chi connectivity index (χ2v) is 8.08. The van der Waals surface area contributed by atoms with E-state index >= 15 is 0 Å². The van der Waals surface area contributed by atoms with Gasteiger partial charge in [0.05, 0.1) is 11.5 Å². The van der Waals surface area contributed by atoms with Gasteiger partial charge in [0.25, 0.3) is 0 Å². The molecule has 102 valence electrons. The minimum Gasteiger partial charge on any atom is -0.317 e. The van der Waals surface area contributed by atoms with Crippen molar-refractivity contribution in [2.75, 3.05) is 36.6 Å². The Bertz CT molecular complexity index is 304. The molecule has 1 aliphatic rings. The molecule has 1 fully saturated rings. The zero-order chi connectivity index (χ0) is 12.7. The minimum atomic E-state index is -2.73. The van der Waals surface area contributed by atoms with Crippen LogP contribution < -0.4 is 5.32 Å². The molecular formula is C12H25NO2S2. The molecule has 17 heavy (non-hydrogen) atoms. The van der Waals surface area contributed by atoms with Gasteiger partial charge in [0.15, 0.2) is 9.84 Å². The fourth-order valence-corrected chi connectivity index (χ4v) is 4.89. The van der Waals surface area contributed by atoms with Crippen LogP contribution in [0.2, 0.25) is 0 Å². The van der Waals surface area contributed by atoms with Crippen molar-refractivity contribution in [2.24, 2.45) is 11.8 Å². The standard InChI is InChI=1S/C12H25NO2S2/c1-3-13-9-11(5-4-7-16-2)12-6-8-17(14,15)10-12/h11-13H,3-10H2,1-2H3. The predicted octanol–water partition coefficient (Wildman–Crippen LogP) is 1.79. The summed E-state index contributed by atoms with van der Waals surface area (Å²) < 4.78 is 23.0. The average Bonchev–Trinajstić information content (AvgIpc) is 2.64. The zero-order valence-corrected chi connectivity index (χ0v) is 12.6. The third-order valence-electron chi connectivity index (χ3n) is 3.51. The summed E-state index contributed by atoms with van der Waals surface area (Å²) in [4.78, 5) is 0. The molecule has 1 heterocycles. The summed E-state index contributed by atoms with van der Waals surface area (Å²) in [7, 11) is -2.73. The molecule has 2 atom stereocenters. The van der Waals surface area contributed by atoms with Crippen molar-refractivity contribution < 1.29 is 8.42 Å². The fourth-order valence-electron chi connectivity index (χ4n) is 2.52. The zero-order valence-electron chi connectivity index (χ0n) is 10.9. The van der Waals surface area contributed by atoms with E-state index in [0.29, 0.717) is 23.3 Å². The number of hydrogen-bond donors (Lipinski definition) is 1. The largest absolute Gasteiger partial charge is 0.317 e. The first-order valence-corrected chi connectivity index (χ1v) is 9.70. The molecule has 0 radical (unpaired) electrons. The van der Waals surface area contributed by atoms with Crippen molar-refractivity contribution in [3.8, 4) is 0 Å². The summed E-state index contributed by atoms with van der Waals surface area (Å²) >= 11 is 1.87. The summed E-state index contributed by atoms with van der Waals surface area (Å²) in [5, 5.41) is 3.38. The Hall–Kier alpha value is 0.260. The highest BCUT2D eigenvalue weighted by Crippen LogP contribution is 2.29. The van der Waals surface area contributed by atoms with Crippen LogP contribution >= 0.6 is 11.8 Å². The summed E-state index contributed by atoms with van der Waals surface area (Å²) in [5.74, 6) is 2.94. The van der Waals surface area contributed by atoms with Crippen molar-refractivity contribution in [2.45, 2.75) is 26.2 Å². The van der Waals surface area contributed by atoms with Gasteiger partial charge in [0.1, 0.15) is 0 Å². The van der Waals surface area contributed by atoms with E-state index in [-0.39, 0.29) is 0 Å². The van der Waals surface area contributed by atoms with Crippen molar-refractivity contribution in [1.29, 1.82) is 0 Å². The van der Waals surface area contributed by atoms with E-state index in [2.05, 4.69) is 18.5 Å². The van der Waals surface area contributed by atoms with Gasteiger partial charge < -0.3 is 5.32 Å². The van der Waals surface area contributed by atoms with Crippen LogP contribution in [0.25, 0.3) is 0 Å². The molecule has 0 aromatic heterocycles. The lowest BCUT2D eigenvalue weighted by Gasteiger charge is -2.22. The monoisotopic (exact) mass is 279 g/mol. The highest BCUT2D eigenvalue weighted by Gasteiger charge is 2.32. The van der Waals surface area contributed by atoms with Gasteiger partial charge in [0.2, 0.25) is 0 Å². The molecule has 1 aliphatic heterocycles. The Morgan fingerprint density at radius 3 is 2.76 bits per heavy atom. The number of thioether (sulfide) groups is 1. The molecule has 1 rings (SSSR count). The fraction of sp³-hybridized carbons (Fsp3) is 1.00. The Morgan fingerprint density at radius 1 is 1.47 bits per heavy atom. The molecule has 1 saturated heterocycles. The van der Waals surface area contributed by atoms with E-state index < -0.39 is 9.84 Å². The molecule has 2 unspecified atom stereocenters. The molecular weight excluding hydrogens is 254 g/mol. The second kappa shape index (κ2) is 7.64. The van der Waals surface area contributed by atoms with Crippen LogP contribution in [-0.4, -0.2) is 45.0 Å². The predicted molar refractivity (Wildman–Crippen MR) is 76.4 cm³/mol. The first kappa shape index (κ1) is 15.3. The lowest BCUT2D eigenvalue weighted by atomic mass is 9.88. The van der Waals surface area contributed by atoms with E-state index in [1.54, 1.807) is 0 Å². The van der Waals surface area contributed by atoms with E-state index in [4.69, 9.17) is 0 Å². The highest BCUT2D eigenvalue weighted by molar-refractivity contribution is 7.98. The van der Waals surface area contributed by atoms with Crippen LogP contribution in [0.1, 0.15) is 26.2 Å². The van der Waals surface area contributed by atoms with Crippen molar-refractivity contribution in [3.05, 3.63) is 0 Å². The summed E-state index contributed by atoms with van der Waals surface area (Å²) in [6.45, 7) is 4.05. The summed E-state index contributed by atoms with van der Waals surface area (Å²) in [6, 6.07) is 0. The van der Waals surface area contributed by atoms with Crippen molar-refractivity contribution in [3.63, 3.8) is 0 Å². The summed E-state index contributed by atoms with van der Waals surface area (Å²) in [5.41, 5.74) is 0. The van der Waals surface area contributed by atoms with Crippen molar-refractivity contribution >= 4 is 21.6 Å². The molecule has 0 aromatic carbocycles. The second-order valence-electron chi connectivity index (χ2n) is 4.87. The van der Waals surface area contributed by atoms with Crippen LogP contribution in [0.5, 0.6) is 0 Å². The first-order valence-electron chi connectivity index (χ1n) is 6.49. The number of sulfone groups is 1. The smallest absolute Gasteiger partial charge is 0.150 e. The third-order valence-corrected chi connectivity index (χ3v) is 6.00. The van der Waals surface area contributed by atoms with Gasteiger partial charge in [-0.1, -0.05) is 6.92 Å². The SMILES string of the molecule is CCNCC(CCCSC)C1CCS(=O)(=O)C1. The molecule has 0 spiro atoms. The average molecular weight is 279 g/mol. The lowest BCUT2D eigenvalue weighted by molar-refractivity contribution is 0.326. The molecule has 0 amide bonds. The number of nitrogens with one attached hydrogen (secondary N) is 1. The molecule has 0 aliphatic carbocycles. The van der Waals surface area contributed by atoms with Crippen LogP contribution in [0.15, 0.2) is 0 Å². The van der Waals surface area contributed by atoms with E-state index in [0.717, 1.165) is 25.9 Å². The number of hydrogen-bond acceptors (Lipinski definition) is 4. The van der Waals surface area contributed by atoms with Gasteiger partial charge in [-0.3, -0.25) is 0 Å². The highest BCUT2D eigenvalue weighted by atomic mass is 32.2. The topological polar surface area (TPSA) is 46.2 Å². The molecule has 0 saturated carbocycles. The molecule has 1 N–H and O–H groups in total. The van der Waals surface area contributed by atoms with Crippen molar-refractivity contribution in [1.82, 2.24) is 5.32 Å². The molecule has 3 nitrogen and oxygen atoms in total. The van der Waals surface area contributed by atoms with E-state index in [1.807, 2.05) is 11.8 Å². The maximum atomic E-state index is 11.5. The molecule has 0 aromatic rings. The van der Waals surface area contributed by atoms with Gasteiger partial charge in [-0.15, -0.1) is 0 Å². The normalized spacial score (nSPS) is 24.9. The van der Waals surface area contributed by atoms with Crippen LogP contribution in [-0.2, 0) is 9.84 Å². The summed E-state index contributed by atoms with van der Waals surface area (Å²) in [6.07, 6.45) is 5.36. The lowest BCUT2D eigenvalue weighted by Crippen LogP contribution is -2.29. The number of rotatable bonds is 8. The van der Waals surface area contributed by atoms with Crippen LogP contribution in [0.3, 0.4) is 0 Å². The third kappa shape index (κ3) is 5.62. The van der Waals surface area contributed by atoms with Gasteiger partial charge in [-0.05, 0) is 56.2 Å². The van der Waals surface area contributed by atoms with E-state index in [9.17, 15) is 8.42 Å². The Kier molecular flexibility index (Phi) is 6.89. The van der Waals surface area contributed by atoms with Crippen LogP contribution in [0, 0.1) is 11.8 Å². The molecule has 0 bridgehead atoms. The molecule has 5 heteroatoms. The van der Waals surface area contributed by atoms with Gasteiger partial charge >= 0.3 is 0 Å². The van der Waals surface area contributed by atoms with Crippen LogP contribution in [0.4, 0.5) is 0 Å². The minimum absolute atomic E-state index is 0.390.